The van der Waals surface area contributed by atoms with Gasteiger partial charge in [0.05, 0.1) is 0 Å². The van der Waals surface area contributed by atoms with E-state index < -0.39 is 5.66 Å². The Morgan fingerprint density at radius 3 is 2.83 bits per heavy atom. The van der Waals surface area contributed by atoms with E-state index in [0.717, 1.165) is 11.3 Å². The molecule has 1 atom stereocenters. The predicted molar refractivity (Wildman–Crippen MR) is 90.3 cm³/mol. The maximum atomic E-state index is 12.3. The van der Waals surface area contributed by atoms with E-state index in [4.69, 9.17) is 6.42 Å². The first-order valence-corrected chi connectivity index (χ1v) is 8.15. The zero-order chi connectivity index (χ0) is 17.0. The third kappa shape index (κ3) is 3.80. The molecule has 1 aromatic rings. The molecular weight excluding hydrogens is 304 g/mol. The zero-order valence-corrected chi connectivity index (χ0v) is 13.4. The standard InChI is InChI=1S/C18H20N4O2/c1-2-3-9-18(21-22-18)10-8-16(23)20-15-7-5-4-6-14(15)13-11-17(24)19-12-13/h1,4-7,13H,3,8-12H2,(H,19,24)(H,20,23). The lowest BCUT2D eigenvalue weighted by molar-refractivity contribution is -0.119. The Balaban J connectivity index is 1.57. The number of benzene rings is 1. The highest BCUT2D eigenvalue weighted by atomic mass is 16.2. The van der Waals surface area contributed by atoms with Crippen molar-refractivity contribution in [1.29, 1.82) is 0 Å². The molecule has 1 aromatic carbocycles. The number of hydrogen-bond acceptors (Lipinski definition) is 4. The van der Waals surface area contributed by atoms with Crippen molar-refractivity contribution >= 4 is 17.5 Å². The number of carbonyl (C=O) groups excluding carboxylic acids is 2. The SMILES string of the molecule is C#CCCC1(CCC(=O)Nc2ccccc2C2CNC(=O)C2)N=N1. The molecule has 0 spiro atoms. The molecule has 124 valence electrons. The summed E-state index contributed by atoms with van der Waals surface area (Å²) in [6.45, 7) is 0.610. The molecule has 24 heavy (non-hydrogen) atoms. The fourth-order valence-corrected chi connectivity index (χ4v) is 2.99. The summed E-state index contributed by atoms with van der Waals surface area (Å²) in [7, 11) is 0. The average molecular weight is 324 g/mol. The molecule has 0 aliphatic carbocycles. The topological polar surface area (TPSA) is 82.9 Å². The summed E-state index contributed by atoms with van der Waals surface area (Å²) in [5.41, 5.74) is 1.32. The number of amides is 2. The third-order valence-electron chi connectivity index (χ3n) is 4.46. The van der Waals surface area contributed by atoms with Crippen LogP contribution < -0.4 is 10.6 Å². The lowest BCUT2D eigenvalue weighted by Gasteiger charge is -2.15. The molecule has 1 unspecified atom stereocenters. The molecule has 2 N–H and O–H groups in total. The minimum Gasteiger partial charge on any atom is -0.355 e. The Morgan fingerprint density at radius 2 is 2.17 bits per heavy atom. The van der Waals surface area contributed by atoms with Gasteiger partial charge in [-0.05, 0) is 11.6 Å². The van der Waals surface area contributed by atoms with E-state index in [1.807, 2.05) is 24.3 Å². The molecule has 3 rings (SSSR count). The van der Waals surface area contributed by atoms with Gasteiger partial charge in [0.1, 0.15) is 0 Å². The lowest BCUT2D eigenvalue weighted by Crippen LogP contribution is -2.19. The maximum Gasteiger partial charge on any atom is 0.224 e. The summed E-state index contributed by atoms with van der Waals surface area (Å²) < 4.78 is 0. The van der Waals surface area contributed by atoms with Crippen LogP contribution in [0, 0.1) is 12.3 Å². The van der Waals surface area contributed by atoms with Crippen molar-refractivity contribution in [2.75, 3.05) is 11.9 Å². The van der Waals surface area contributed by atoms with Crippen LogP contribution >= 0.6 is 0 Å². The summed E-state index contributed by atoms with van der Waals surface area (Å²) in [5.74, 6) is 2.66. The molecule has 2 aliphatic heterocycles. The molecule has 2 heterocycles. The van der Waals surface area contributed by atoms with Gasteiger partial charge >= 0.3 is 0 Å². The first kappa shape index (κ1) is 16.2. The van der Waals surface area contributed by atoms with E-state index in [1.165, 1.54) is 0 Å². The molecule has 0 aromatic heterocycles. The smallest absolute Gasteiger partial charge is 0.224 e. The third-order valence-corrected chi connectivity index (χ3v) is 4.46. The molecule has 6 heteroatoms. The van der Waals surface area contributed by atoms with Crippen LogP contribution in [0.25, 0.3) is 0 Å². The summed E-state index contributed by atoms with van der Waals surface area (Å²) in [6, 6.07) is 7.63. The Morgan fingerprint density at radius 1 is 1.38 bits per heavy atom. The van der Waals surface area contributed by atoms with Crippen LogP contribution in [0.4, 0.5) is 5.69 Å². The largest absolute Gasteiger partial charge is 0.355 e. The number of nitrogens with zero attached hydrogens (tertiary/aromatic N) is 2. The number of para-hydroxylation sites is 1. The van der Waals surface area contributed by atoms with Crippen LogP contribution in [0.5, 0.6) is 0 Å². The quantitative estimate of drug-likeness (QED) is 0.756. The molecule has 2 aliphatic rings. The van der Waals surface area contributed by atoms with Gasteiger partial charge in [0.15, 0.2) is 5.66 Å². The highest BCUT2D eigenvalue weighted by Gasteiger charge is 2.39. The monoisotopic (exact) mass is 324 g/mol. The van der Waals surface area contributed by atoms with E-state index in [0.29, 0.717) is 38.6 Å². The van der Waals surface area contributed by atoms with Gasteiger partial charge < -0.3 is 10.6 Å². The van der Waals surface area contributed by atoms with Gasteiger partial charge in [-0.3, -0.25) is 9.59 Å². The van der Waals surface area contributed by atoms with E-state index in [9.17, 15) is 9.59 Å². The summed E-state index contributed by atoms with van der Waals surface area (Å²) in [6.07, 6.45) is 7.95. The van der Waals surface area contributed by atoms with Crippen molar-refractivity contribution < 1.29 is 9.59 Å². The second kappa shape index (κ2) is 6.83. The van der Waals surface area contributed by atoms with Gasteiger partial charge in [-0.1, -0.05) is 18.2 Å². The van der Waals surface area contributed by atoms with E-state index in [1.54, 1.807) is 0 Å². The molecule has 0 radical (unpaired) electrons. The second-order valence-corrected chi connectivity index (χ2v) is 6.23. The van der Waals surface area contributed by atoms with Gasteiger partial charge in [-0.15, -0.1) is 12.3 Å². The number of carbonyl (C=O) groups is 2. The fraction of sp³-hybridized carbons (Fsp3) is 0.444. The van der Waals surface area contributed by atoms with Crippen molar-refractivity contribution in [3.8, 4) is 12.3 Å². The van der Waals surface area contributed by atoms with E-state index in [-0.39, 0.29) is 17.7 Å². The number of hydrogen-bond donors (Lipinski definition) is 2. The molecule has 0 saturated carbocycles. The van der Waals surface area contributed by atoms with Crippen LogP contribution in [0.3, 0.4) is 0 Å². The normalized spacial score (nSPS) is 20.3. The minimum atomic E-state index is -0.439. The van der Waals surface area contributed by atoms with Gasteiger partial charge in [0.25, 0.3) is 0 Å². The first-order chi connectivity index (χ1) is 11.6. The van der Waals surface area contributed by atoms with Crippen LogP contribution in [0.15, 0.2) is 34.5 Å². The zero-order valence-electron chi connectivity index (χ0n) is 13.4. The molecule has 1 fully saturated rings. The lowest BCUT2D eigenvalue weighted by atomic mass is 9.96. The average Bonchev–Trinajstić information content (AvgIpc) is 3.24. The fourth-order valence-electron chi connectivity index (χ4n) is 2.99. The molecule has 6 nitrogen and oxygen atoms in total. The van der Waals surface area contributed by atoms with Crippen molar-refractivity contribution in [3.05, 3.63) is 29.8 Å². The van der Waals surface area contributed by atoms with Crippen LogP contribution in [0.1, 0.15) is 43.6 Å². The minimum absolute atomic E-state index is 0.0496. The van der Waals surface area contributed by atoms with Crippen LogP contribution in [-0.4, -0.2) is 24.0 Å². The molecule has 0 bridgehead atoms. The Labute approximate surface area is 141 Å². The van der Waals surface area contributed by atoms with Crippen LogP contribution in [0.2, 0.25) is 0 Å². The summed E-state index contributed by atoms with van der Waals surface area (Å²) in [4.78, 5) is 23.7. The van der Waals surface area contributed by atoms with Crippen LogP contribution in [-0.2, 0) is 9.59 Å². The number of nitrogens with one attached hydrogen (secondary N) is 2. The van der Waals surface area contributed by atoms with Gasteiger partial charge in [0.2, 0.25) is 11.8 Å². The Hall–Kier alpha value is -2.68. The predicted octanol–water partition coefficient (Wildman–Crippen LogP) is 2.58. The van der Waals surface area contributed by atoms with Gasteiger partial charge in [0, 0.05) is 50.3 Å². The van der Waals surface area contributed by atoms with Crippen molar-refractivity contribution in [2.45, 2.75) is 43.7 Å². The highest BCUT2D eigenvalue weighted by Crippen LogP contribution is 2.37. The summed E-state index contributed by atoms with van der Waals surface area (Å²) in [5, 5.41) is 13.9. The molecular formula is C18H20N4O2. The van der Waals surface area contributed by atoms with Gasteiger partial charge in [-0.25, -0.2) is 0 Å². The Bertz CT molecular complexity index is 714. The van der Waals surface area contributed by atoms with Crippen molar-refractivity contribution in [3.63, 3.8) is 0 Å². The second-order valence-electron chi connectivity index (χ2n) is 6.23. The number of rotatable bonds is 7. The maximum absolute atomic E-state index is 12.3. The van der Waals surface area contributed by atoms with Crippen molar-refractivity contribution in [2.24, 2.45) is 10.2 Å². The van der Waals surface area contributed by atoms with Gasteiger partial charge in [-0.2, -0.15) is 10.2 Å². The number of anilines is 1. The number of terminal acetylenes is 1. The highest BCUT2D eigenvalue weighted by molar-refractivity contribution is 5.92. The molecule has 2 amide bonds. The Kier molecular flexibility index (Phi) is 4.61. The first-order valence-electron chi connectivity index (χ1n) is 8.15. The van der Waals surface area contributed by atoms with E-state index >= 15 is 0 Å². The van der Waals surface area contributed by atoms with E-state index in [2.05, 4.69) is 26.8 Å². The summed E-state index contributed by atoms with van der Waals surface area (Å²) >= 11 is 0. The molecule has 1 saturated heterocycles. The van der Waals surface area contributed by atoms with Crippen molar-refractivity contribution in [1.82, 2.24) is 5.32 Å².